The Hall–Kier alpha value is -4.36. The molecule has 1 aromatic heterocycles. The molecule has 1 aliphatic rings. The summed E-state index contributed by atoms with van der Waals surface area (Å²) in [5, 5.41) is 22.3. The van der Waals surface area contributed by atoms with Crippen molar-refractivity contribution in [2.24, 2.45) is 0 Å². The molecule has 0 spiro atoms. The van der Waals surface area contributed by atoms with Crippen LogP contribution < -0.4 is 10.1 Å². The number of amides is 1. The van der Waals surface area contributed by atoms with Crippen LogP contribution in [0.4, 0.5) is 0 Å². The van der Waals surface area contributed by atoms with Crippen LogP contribution in [0, 0.1) is 11.3 Å². The molecule has 9 heteroatoms. The predicted octanol–water partition coefficient (Wildman–Crippen LogP) is 5.93. The monoisotopic (exact) mass is 608 g/mol. The van der Waals surface area contributed by atoms with Gasteiger partial charge in [-0.15, -0.1) is 0 Å². The normalized spacial score (nSPS) is 15.3. The van der Waals surface area contributed by atoms with Gasteiger partial charge in [-0.1, -0.05) is 42.5 Å². The van der Waals surface area contributed by atoms with Gasteiger partial charge in [0.1, 0.15) is 22.4 Å². The quantitative estimate of drug-likeness (QED) is 0.244. The maximum atomic E-state index is 13.7. The van der Waals surface area contributed by atoms with Gasteiger partial charge in [0.2, 0.25) is 0 Å². The van der Waals surface area contributed by atoms with Crippen molar-refractivity contribution in [2.75, 3.05) is 13.7 Å². The van der Waals surface area contributed by atoms with Crippen LogP contribution in [-0.2, 0) is 24.1 Å². The molecule has 44 heavy (non-hydrogen) atoms. The standard InChI is InChI=1S/C35H36N4O4S/c1-35(2,3)44(42)39-22-28-19-30(34(41)37-21-24-7-5-10-29(17-24)43-4)38-33(32(28)31(39)15-16-40)27-9-6-8-26(18-27)25-13-11-23(20-36)12-14-25/h5-14,17-19,31,40H,15-16,21-22H2,1-4H3,(H,37,41)/t31-,44-/m1/s1. The summed E-state index contributed by atoms with van der Waals surface area (Å²) in [6.07, 6.45) is 0.375. The Morgan fingerprint density at radius 2 is 1.80 bits per heavy atom. The van der Waals surface area contributed by atoms with Crippen LogP contribution in [0.1, 0.15) is 66.0 Å². The van der Waals surface area contributed by atoms with Crippen molar-refractivity contribution >= 4 is 16.9 Å². The van der Waals surface area contributed by atoms with Gasteiger partial charge in [0.05, 0.1) is 35.2 Å². The van der Waals surface area contributed by atoms with E-state index >= 15 is 0 Å². The summed E-state index contributed by atoms with van der Waals surface area (Å²) < 4.78 is 20.4. The third-order valence-corrected chi connectivity index (χ3v) is 9.45. The van der Waals surface area contributed by atoms with Crippen LogP contribution in [0.15, 0.2) is 78.9 Å². The minimum atomic E-state index is -1.37. The largest absolute Gasteiger partial charge is 0.497 e. The summed E-state index contributed by atoms with van der Waals surface area (Å²) in [7, 11) is 0.236. The first-order valence-electron chi connectivity index (χ1n) is 14.5. The van der Waals surface area contributed by atoms with Gasteiger partial charge in [0.15, 0.2) is 0 Å². The van der Waals surface area contributed by atoms with E-state index < -0.39 is 15.7 Å². The van der Waals surface area contributed by atoms with Crippen LogP contribution in [0.25, 0.3) is 22.4 Å². The molecule has 0 saturated carbocycles. The van der Waals surface area contributed by atoms with Crippen LogP contribution in [0.3, 0.4) is 0 Å². The molecule has 1 aliphatic heterocycles. The van der Waals surface area contributed by atoms with Crippen molar-refractivity contribution in [1.82, 2.24) is 14.6 Å². The highest BCUT2D eigenvalue weighted by molar-refractivity contribution is 7.84. The Bertz CT molecular complexity index is 1740. The van der Waals surface area contributed by atoms with Crippen LogP contribution in [0.5, 0.6) is 5.75 Å². The second-order valence-corrected chi connectivity index (χ2v) is 13.9. The van der Waals surface area contributed by atoms with Gasteiger partial charge in [0, 0.05) is 30.8 Å². The molecule has 226 valence electrons. The van der Waals surface area contributed by atoms with Gasteiger partial charge in [-0.2, -0.15) is 5.26 Å². The first-order valence-corrected chi connectivity index (χ1v) is 15.6. The van der Waals surface area contributed by atoms with Gasteiger partial charge in [0.25, 0.3) is 5.91 Å². The Balaban J connectivity index is 1.59. The molecule has 1 amide bonds. The highest BCUT2D eigenvalue weighted by atomic mass is 32.2. The topological polar surface area (TPSA) is 116 Å². The molecular formula is C35H36N4O4S. The minimum absolute atomic E-state index is 0.0879. The third-order valence-electron chi connectivity index (χ3n) is 7.59. The van der Waals surface area contributed by atoms with E-state index in [0.29, 0.717) is 36.5 Å². The number of pyridine rings is 1. The Labute approximate surface area is 260 Å². The van der Waals surface area contributed by atoms with Crippen molar-refractivity contribution in [3.8, 4) is 34.2 Å². The summed E-state index contributed by atoms with van der Waals surface area (Å²) in [6.45, 7) is 6.37. The van der Waals surface area contributed by atoms with E-state index in [9.17, 15) is 19.4 Å². The molecule has 0 bridgehead atoms. The van der Waals surface area contributed by atoms with E-state index in [1.807, 2.05) is 85.7 Å². The SMILES string of the molecule is COc1cccc(CNC(=O)c2cc3c(c(-c4cccc(-c5ccc(C#N)cc5)c4)n2)[C@@H](CCO)N([S@](=O)C(C)(C)C)C3)c1. The predicted molar refractivity (Wildman–Crippen MR) is 172 cm³/mol. The summed E-state index contributed by atoms with van der Waals surface area (Å²) >= 11 is 0. The number of aliphatic hydroxyl groups is 1. The molecule has 0 saturated heterocycles. The van der Waals surface area contributed by atoms with E-state index in [4.69, 9.17) is 9.72 Å². The number of ether oxygens (including phenoxy) is 1. The molecule has 2 N–H and O–H groups in total. The number of nitrogens with zero attached hydrogens (tertiary/aromatic N) is 3. The minimum Gasteiger partial charge on any atom is -0.497 e. The number of aromatic nitrogens is 1. The summed E-state index contributed by atoms with van der Waals surface area (Å²) in [6, 6.07) is 26.4. The number of hydrogen-bond acceptors (Lipinski definition) is 6. The maximum absolute atomic E-state index is 13.7. The highest BCUT2D eigenvalue weighted by Crippen LogP contribution is 2.44. The van der Waals surface area contributed by atoms with Crippen molar-refractivity contribution in [3.05, 3.63) is 107 Å². The number of aliphatic hydroxyl groups excluding tert-OH is 1. The molecule has 0 aliphatic carbocycles. The molecule has 5 rings (SSSR count). The first-order chi connectivity index (χ1) is 21.1. The fraction of sp³-hybridized carbons (Fsp3) is 0.286. The highest BCUT2D eigenvalue weighted by Gasteiger charge is 2.40. The summed E-state index contributed by atoms with van der Waals surface area (Å²) in [4.78, 5) is 18.5. The molecule has 0 fully saturated rings. The zero-order valence-electron chi connectivity index (χ0n) is 25.3. The molecule has 0 unspecified atom stereocenters. The number of rotatable bonds is 9. The van der Waals surface area contributed by atoms with Crippen molar-refractivity contribution in [1.29, 1.82) is 5.26 Å². The molecular weight excluding hydrogens is 572 g/mol. The van der Waals surface area contributed by atoms with Crippen LogP contribution in [0.2, 0.25) is 0 Å². The number of carbonyl (C=O) groups is 1. The third kappa shape index (κ3) is 6.58. The fourth-order valence-corrected chi connectivity index (χ4v) is 6.85. The van der Waals surface area contributed by atoms with E-state index in [1.54, 1.807) is 25.3 Å². The molecule has 8 nitrogen and oxygen atoms in total. The molecule has 2 heterocycles. The van der Waals surface area contributed by atoms with Crippen LogP contribution >= 0.6 is 0 Å². The lowest BCUT2D eigenvalue weighted by Crippen LogP contribution is -2.36. The molecule has 2 atom stereocenters. The van der Waals surface area contributed by atoms with Crippen molar-refractivity contribution < 1.29 is 18.8 Å². The summed E-state index contributed by atoms with van der Waals surface area (Å²) in [5.74, 6) is 0.382. The Morgan fingerprint density at radius 3 is 2.48 bits per heavy atom. The lowest BCUT2D eigenvalue weighted by atomic mass is 9.94. The lowest BCUT2D eigenvalue weighted by Gasteiger charge is -2.30. The second kappa shape index (κ2) is 13.1. The first kappa shape index (κ1) is 31.1. The van der Waals surface area contributed by atoms with E-state index in [2.05, 4.69) is 11.4 Å². The number of nitriles is 1. The van der Waals surface area contributed by atoms with E-state index in [-0.39, 0.29) is 24.2 Å². The van der Waals surface area contributed by atoms with Gasteiger partial charge in [-0.3, -0.25) is 4.79 Å². The Kier molecular flexibility index (Phi) is 9.25. The number of hydrogen-bond donors (Lipinski definition) is 2. The van der Waals surface area contributed by atoms with Gasteiger partial charge in [-0.25, -0.2) is 13.5 Å². The molecule has 3 aromatic carbocycles. The zero-order valence-corrected chi connectivity index (χ0v) is 26.1. The maximum Gasteiger partial charge on any atom is 0.270 e. The number of nitrogens with one attached hydrogen (secondary N) is 1. The average molecular weight is 609 g/mol. The van der Waals surface area contributed by atoms with Crippen molar-refractivity contribution in [2.45, 2.75) is 51.1 Å². The number of fused-ring (bicyclic) bond motifs is 1. The van der Waals surface area contributed by atoms with Crippen molar-refractivity contribution in [3.63, 3.8) is 0 Å². The number of benzene rings is 3. The smallest absolute Gasteiger partial charge is 0.270 e. The Morgan fingerprint density at radius 1 is 1.07 bits per heavy atom. The molecule has 0 radical (unpaired) electrons. The summed E-state index contributed by atoms with van der Waals surface area (Å²) in [5.41, 5.74) is 6.77. The zero-order chi connectivity index (χ0) is 31.4. The van der Waals surface area contributed by atoms with E-state index in [0.717, 1.165) is 33.4 Å². The second-order valence-electron chi connectivity index (χ2n) is 11.7. The van der Waals surface area contributed by atoms with Gasteiger partial charge >= 0.3 is 0 Å². The van der Waals surface area contributed by atoms with Gasteiger partial charge in [-0.05, 0) is 85.8 Å². The fourth-order valence-electron chi connectivity index (χ4n) is 5.44. The van der Waals surface area contributed by atoms with Crippen LogP contribution in [-0.4, -0.2) is 43.0 Å². The molecule has 4 aromatic rings. The lowest BCUT2D eigenvalue weighted by molar-refractivity contribution is 0.0946. The van der Waals surface area contributed by atoms with E-state index in [1.165, 1.54) is 0 Å². The number of methoxy groups -OCH3 is 1. The number of carbonyl (C=O) groups excluding carboxylic acids is 1. The van der Waals surface area contributed by atoms with Gasteiger partial charge < -0.3 is 15.2 Å². The average Bonchev–Trinajstić information content (AvgIpc) is 3.40.